The van der Waals surface area contributed by atoms with Crippen molar-refractivity contribution >= 4 is 0 Å². The molecule has 88 valence electrons. The summed E-state index contributed by atoms with van der Waals surface area (Å²) in [5.41, 5.74) is -1.51. The molecule has 1 aliphatic heterocycles. The third-order valence-electron chi connectivity index (χ3n) is 2.88. The molecule has 2 nitrogen and oxygen atoms in total. The predicted molar refractivity (Wildman–Crippen MR) is 51.2 cm³/mol. The van der Waals surface area contributed by atoms with E-state index >= 15 is 0 Å². The van der Waals surface area contributed by atoms with Crippen molar-refractivity contribution in [2.75, 3.05) is 7.11 Å². The summed E-state index contributed by atoms with van der Waals surface area (Å²) in [4.78, 5) is 0. The molecule has 1 aromatic carbocycles. The summed E-state index contributed by atoms with van der Waals surface area (Å²) in [7, 11) is 1.47. The zero-order valence-corrected chi connectivity index (χ0v) is 8.89. The van der Waals surface area contributed by atoms with Gasteiger partial charge in [-0.3, -0.25) is 0 Å². The van der Waals surface area contributed by atoms with Crippen molar-refractivity contribution < 1.29 is 22.6 Å². The van der Waals surface area contributed by atoms with Gasteiger partial charge in [-0.2, -0.15) is 13.2 Å². The van der Waals surface area contributed by atoms with Gasteiger partial charge < -0.3 is 9.47 Å². The molecule has 0 aliphatic carbocycles. The lowest BCUT2D eigenvalue weighted by Crippen LogP contribution is -2.38. The highest BCUT2D eigenvalue weighted by Gasteiger charge is 2.57. The average molecular weight is 232 g/mol. The number of fused-ring (bicyclic) bond motifs is 1. The van der Waals surface area contributed by atoms with Gasteiger partial charge in [-0.25, -0.2) is 0 Å². The molecular weight excluding hydrogens is 221 g/mol. The smallest absolute Gasteiger partial charge is 0.421 e. The number of alkyl halides is 3. The molecule has 0 bridgehead atoms. The van der Waals surface area contributed by atoms with E-state index in [1.54, 1.807) is 6.07 Å². The van der Waals surface area contributed by atoms with E-state index in [-0.39, 0.29) is 12.2 Å². The first-order valence-electron chi connectivity index (χ1n) is 4.76. The maximum Gasteiger partial charge on any atom is 0.421 e. The van der Waals surface area contributed by atoms with E-state index in [9.17, 15) is 13.2 Å². The van der Waals surface area contributed by atoms with Gasteiger partial charge in [0.1, 0.15) is 5.75 Å². The molecule has 1 aliphatic rings. The van der Waals surface area contributed by atoms with Gasteiger partial charge in [-0.15, -0.1) is 0 Å². The van der Waals surface area contributed by atoms with Crippen molar-refractivity contribution in [2.45, 2.75) is 25.3 Å². The fourth-order valence-electron chi connectivity index (χ4n) is 1.82. The Kier molecular flexibility index (Phi) is 2.38. The minimum atomic E-state index is -4.41. The Hall–Kier alpha value is -1.23. The van der Waals surface area contributed by atoms with Crippen LogP contribution in [-0.2, 0) is 16.9 Å². The molecule has 1 unspecified atom stereocenters. The molecule has 0 aromatic heterocycles. The third kappa shape index (κ3) is 1.46. The molecule has 0 radical (unpaired) electrons. The van der Waals surface area contributed by atoms with Crippen molar-refractivity contribution in [2.24, 2.45) is 0 Å². The summed E-state index contributed by atoms with van der Waals surface area (Å²) in [5.74, 6) is 0.536. The van der Waals surface area contributed by atoms with Crippen LogP contribution in [0.5, 0.6) is 5.75 Å². The molecule has 0 spiro atoms. The van der Waals surface area contributed by atoms with Crippen LogP contribution in [-0.4, -0.2) is 13.3 Å². The molecular formula is C11H11F3O2. The van der Waals surface area contributed by atoms with E-state index in [1.165, 1.54) is 19.2 Å². The van der Waals surface area contributed by atoms with Crippen LogP contribution in [0.4, 0.5) is 13.2 Å². The van der Waals surface area contributed by atoms with Gasteiger partial charge in [0.15, 0.2) is 5.60 Å². The zero-order chi connectivity index (χ0) is 12.0. The number of benzene rings is 1. The van der Waals surface area contributed by atoms with E-state index in [0.29, 0.717) is 11.3 Å². The number of rotatable bonds is 1. The highest BCUT2D eigenvalue weighted by molar-refractivity contribution is 5.41. The normalized spacial score (nSPS) is 24.3. The van der Waals surface area contributed by atoms with Crippen molar-refractivity contribution in [1.29, 1.82) is 0 Å². The minimum Gasteiger partial charge on any atom is -0.497 e. The number of methoxy groups -OCH3 is 1. The number of hydrogen-bond donors (Lipinski definition) is 0. The first kappa shape index (κ1) is 11.3. The van der Waals surface area contributed by atoms with Crippen molar-refractivity contribution in [3.63, 3.8) is 0 Å². The van der Waals surface area contributed by atoms with E-state index < -0.39 is 11.8 Å². The quantitative estimate of drug-likeness (QED) is 0.741. The van der Waals surface area contributed by atoms with Crippen LogP contribution >= 0.6 is 0 Å². The minimum absolute atomic E-state index is 0.0391. The van der Waals surface area contributed by atoms with Crippen molar-refractivity contribution in [3.8, 4) is 5.75 Å². The van der Waals surface area contributed by atoms with Crippen LogP contribution in [0, 0.1) is 0 Å². The summed E-state index contributed by atoms with van der Waals surface area (Å²) < 4.78 is 48.4. The zero-order valence-electron chi connectivity index (χ0n) is 8.89. The van der Waals surface area contributed by atoms with E-state index in [0.717, 1.165) is 6.92 Å². The van der Waals surface area contributed by atoms with Crippen LogP contribution in [0.1, 0.15) is 18.1 Å². The topological polar surface area (TPSA) is 18.5 Å². The number of hydrogen-bond acceptors (Lipinski definition) is 2. The van der Waals surface area contributed by atoms with Crippen LogP contribution in [0.25, 0.3) is 0 Å². The predicted octanol–water partition coefficient (Wildman–Crippen LogP) is 3.00. The summed E-state index contributed by atoms with van der Waals surface area (Å²) in [5, 5.41) is 0. The third-order valence-corrected chi connectivity index (χ3v) is 2.88. The van der Waals surface area contributed by atoms with E-state index in [2.05, 4.69) is 0 Å². The first-order chi connectivity index (χ1) is 7.38. The standard InChI is InChI=1S/C11H11F3O2/c1-10(11(12,13)14)9-4-3-8(15-2)5-7(9)6-16-10/h3-5H,6H2,1-2H3. The highest BCUT2D eigenvalue weighted by Crippen LogP contribution is 2.48. The van der Waals surface area contributed by atoms with Gasteiger partial charge >= 0.3 is 6.18 Å². The van der Waals surface area contributed by atoms with Crippen LogP contribution in [0.15, 0.2) is 18.2 Å². The SMILES string of the molecule is COc1ccc2c(c1)COC2(C)C(F)(F)F. The Labute approximate surface area is 91.0 Å². The summed E-state index contributed by atoms with van der Waals surface area (Å²) in [6, 6.07) is 4.50. The van der Waals surface area contributed by atoms with Gasteiger partial charge in [0.25, 0.3) is 0 Å². The fourth-order valence-corrected chi connectivity index (χ4v) is 1.82. The summed E-state index contributed by atoms with van der Waals surface area (Å²) in [6.07, 6.45) is -4.41. The molecule has 1 heterocycles. The van der Waals surface area contributed by atoms with Crippen molar-refractivity contribution in [3.05, 3.63) is 29.3 Å². The molecule has 1 aromatic rings. The van der Waals surface area contributed by atoms with Gasteiger partial charge in [0.2, 0.25) is 0 Å². The second-order valence-electron chi connectivity index (χ2n) is 3.84. The molecule has 0 fully saturated rings. The lowest BCUT2D eigenvalue weighted by molar-refractivity contribution is -0.272. The van der Waals surface area contributed by atoms with Gasteiger partial charge in [-0.05, 0) is 30.2 Å². The van der Waals surface area contributed by atoms with Crippen molar-refractivity contribution in [1.82, 2.24) is 0 Å². The Bertz CT molecular complexity index is 414. The number of halogens is 3. The Balaban J connectivity index is 2.48. The van der Waals surface area contributed by atoms with Gasteiger partial charge in [0, 0.05) is 0 Å². The first-order valence-corrected chi connectivity index (χ1v) is 4.76. The summed E-state index contributed by atoms with van der Waals surface area (Å²) >= 11 is 0. The van der Waals surface area contributed by atoms with Crippen LogP contribution in [0.3, 0.4) is 0 Å². The van der Waals surface area contributed by atoms with Gasteiger partial charge in [-0.1, -0.05) is 6.07 Å². The Morgan fingerprint density at radius 2 is 2.06 bits per heavy atom. The monoisotopic (exact) mass is 232 g/mol. The number of ether oxygens (including phenoxy) is 2. The molecule has 0 amide bonds. The van der Waals surface area contributed by atoms with Crippen LogP contribution < -0.4 is 4.74 Å². The molecule has 0 saturated carbocycles. The summed E-state index contributed by atoms with van der Waals surface area (Å²) in [6.45, 7) is 1.01. The maximum atomic E-state index is 12.8. The second kappa shape index (κ2) is 3.38. The maximum absolute atomic E-state index is 12.8. The van der Waals surface area contributed by atoms with Gasteiger partial charge in [0.05, 0.1) is 13.7 Å². The molecule has 0 N–H and O–H groups in total. The molecule has 16 heavy (non-hydrogen) atoms. The molecule has 0 saturated heterocycles. The lowest BCUT2D eigenvalue weighted by Gasteiger charge is -2.27. The lowest BCUT2D eigenvalue weighted by atomic mass is 9.93. The van der Waals surface area contributed by atoms with Crippen LogP contribution in [0.2, 0.25) is 0 Å². The highest BCUT2D eigenvalue weighted by atomic mass is 19.4. The Morgan fingerprint density at radius 1 is 1.38 bits per heavy atom. The molecule has 1 atom stereocenters. The Morgan fingerprint density at radius 3 is 2.62 bits per heavy atom. The van der Waals surface area contributed by atoms with E-state index in [4.69, 9.17) is 9.47 Å². The molecule has 2 rings (SSSR count). The fraction of sp³-hybridized carbons (Fsp3) is 0.455. The average Bonchev–Trinajstić information content (AvgIpc) is 2.56. The molecule has 5 heteroatoms. The van der Waals surface area contributed by atoms with E-state index in [1.807, 2.05) is 0 Å². The second-order valence-corrected chi connectivity index (χ2v) is 3.84. The largest absolute Gasteiger partial charge is 0.497 e.